The van der Waals surface area contributed by atoms with Gasteiger partial charge in [-0.15, -0.1) is 0 Å². The maximum absolute atomic E-state index is 9.00. The summed E-state index contributed by atoms with van der Waals surface area (Å²) in [5.74, 6) is 0.833. The van der Waals surface area contributed by atoms with E-state index in [1.54, 1.807) is 0 Å². The average Bonchev–Trinajstić information content (AvgIpc) is 2.49. The molecule has 1 heterocycles. The number of nitrogens with one attached hydrogen (secondary N) is 1. The number of nitrogens with zero attached hydrogens (tertiary/aromatic N) is 1. The van der Waals surface area contributed by atoms with Gasteiger partial charge >= 0.3 is 0 Å². The summed E-state index contributed by atoms with van der Waals surface area (Å²) >= 11 is 0. The molecule has 0 radical (unpaired) electrons. The van der Waals surface area contributed by atoms with Crippen LogP contribution in [0.3, 0.4) is 0 Å². The van der Waals surface area contributed by atoms with E-state index in [0.29, 0.717) is 0 Å². The molecule has 0 aliphatic carbocycles. The molecule has 3 nitrogen and oxygen atoms in total. The number of aliphatic hydroxyl groups excluding tert-OH is 1. The second kappa shape index (κ2) is 7.63. The first kappa shape index (κ1) is 14.5. The minimum atomic E-state index is 0.129. The molecule has 0 spiro atoms. The Hall–Kier alpha value is -0.900. The van der Waals surface area contributed by atoms with E-state index in [1.807, 2.05) is 12.1 Å². The van der Waals surface area contributed by atoms with Crippen molar-refractivity contribution >= 4 is 0 Å². The number of hydrogen-bond acceptors (Lipinski definition) is 3. The molecule has 1 aliphatic heterocycles. The Kier molecular flexibility index (Phi) is 5.83. The quantitative estimate of drug-likeness (QED) is 0.823. The van der Waals surface area contributed by atoms with Crippen LogP contribution in [0.2, 0.25) is 0 Å². The van der Waals surface area contributed by atoms with Crippen LogP contribution in [0.5, 0.6) is 0 Å². The summed E-state index contributed by atoms with van der Waals surface area (Å²) in [6.45, 7) is 8.14. The van der Waals surface area contributed by atoms with Gasteiger partial charge in [0, 0.05) is 6.54 Å². The van der Waals surface area contributed by atoms with Crippen LogP contribution < -0.4 is 5.32 Å². The number of hydrogen-bond donors (Lipinski definition) is 2. The molecular formula is C16H26N2O. The van der Waals surface area contributed by atoms with Crippen LogP contribution in [0, 0.1) is 5.92 Å². The van der Waals surface area contributed by atoms with E-state index in [4.69, 9.17) is 5.11 Å². The summed E-state index contributed by atoms with van der Waals surface area (Å²) in [4.78, 5) is 2.53. The molecule has 1 aliphatic rings. The topological polar surface area (TPSA) is 35.5 Å². The van der Waals surface area contributed by atoms with Crippen molar-refractivity contribution in [2.45, 2.75) is 32.9 Å². The SMILES string of the molecule is CCN1CCC(CNCc2ccc(CO)cc2)CC1. The number of aliphatic hydroxyl groups is 1. The predicted molar refractivity (Wildman–Crippen MR) is 78.9 cm³/mol. The van der Waals surface area contributed by atoms with Crippen LogP contribution in [0.25, 0.3) is 0 Å². The lowest BCUT2D eigenvalue weighted by Crippen LogP contribution is -2.36. The maximum Gasteiger partial charge on any atom is 0.0681 e. The number of likely N-dealkylation sites (tertiary alicyclic amines) is 1. The molecular weight excluding hydrogens is 236 g/mol. The molecule has 19 heavy (non-hydrogen) atoms. The zero-order chi connectivity index (χ0) is 13.5. The van der Waals surface area contributed by atoms with Crippen LogP contribution >= 0.6 is 0 Å². The first-order chi connectivity index (χ1) is 9.31. The third-order valence-electron chi connectivity index (χ3n) is 4.12. The predicted octanol–water partition coefficient (Wildman–Crippen LogP) is 2.00. The van der Waals surface area contributed by atoms with Gasteiger partial charge in [0.1, 0.15) is 0 Å². The minimum absolute atomic E-state index is 0.129. The van der Waals surface area contributed by atoms with E-state index in [-0.39, 0.29) is 6.61 Å². The summed E-state index contributed by atoms with van der Waals surface area (Å²) in [5.41, 5.74) is 2.28. The van der Waals surface area contributed by atoms with Crippen LogP contribution in [0.1, 0.15) is 30.9 Å². The van der Waals surface area contributed by atoms with Crippen LogP contribution in [0.4, 0.5) is 0 Å². The first-order valence-electron chi connectivity index (χ1n) is 7.43. The normalized spacial score (nSPS) is 17.8. The van der Waals surface area contributed by atoms with E-state index < -0.39 is 0 Å². The summed E-state index contributed by atoms with van der Waals surface area (Å²) in [6, 6.07) is 8.18. The molecule has 3 heteroatoms. The molecule has 106 valence electrons. The van der Waals surface area contributed by atoms with Gasteiger partial charge in [-0.3, -0.25) is 0 Å². The zero-order valence-corrected chi connectivity index (χ0v) is 11.9. The van der Waals surface area contributed by atoms with Gasteiger partial charge in [0.2, 0.25) is 0 Å². The number of rotatable bonds is 6. The Bertz CT molecular complexity index is 356. The van der Waals surface area contributed by atoms with E-state index in [0.717, 1.165) is 24.6 Å². The van der Waals surface area contributed by atoms with E-state index in [1.165, 1.54) is 38.0 Å². The van der Waals surface area contributed by atoms with Crippen molar-refractivity contribution in [2.24, 2.45) is 5.92 Å². The van der Waals surface area contributed by atoms with Crippen molar-refractivity contribution in [2.75, 3.05) is 26.2 Å². The molecule has 1 aromatic carbocycles. The Labute approximate surface area is 116 Å². The molecule has 0 atom stereocenters. The molecule has 0 bridgehead atoms. The molecule has 0 amide bonds. The summed E-state index contributed by atoms with van der Waals surface area (Å²) in [5, 5.41) is 12.6. The molecule has 0 saturated carbocycles. The minimum Gasteiger partial charge on any atom is -0.392 e. The highest BCUT2D eigenvalue weighted by molar-refractivity contribution is 5.21. The van der Waals surface area contributed by atoms with E-state index in [2.05, 4.69) is 29.3 Å². The second-order valence-corrected chi connectivity index (χ2v) is 5.48. The molecule has 1 fully saturated rings. The fraction of sp³-hybridized carbons (Fsp3) is 0.625. The van der Waals surface area contributed by atoms with Crippen molar-refractivity contribution in [3.8, 4) is 0 Å². The highest BCUT2D eigenvalue weighted by Crippen LogP contribution is 2.16. The number of benzene rings is 1. The zero-order valence-electron chi connectivity index (χ0n) is 11.9. The van der Waals surface area contributed by atoms with Crippen molar-refractivity contribution in [3.63, 3.8) is 0 Å². The van der Waals surface area contributed by atoms with Gasteiger partial charge in [0.25, 0.3) is 0 Å². The number of piperidine rings is 1. The van der Waals surface area contributed by atoms with E-state index in [9.17, 15) is 0 Å². The molecule has 2 rings (SSSR count). The lowest BCUT2D eigenvalue weighted by molar-refractivity contribution is 0.190. The monoisotopic (exact) mass is 262 g/mol. The lowest BCUT2D eigenvalue weighted by Gasteiger charge is -2.31. The van der Waals surface area contributed by atoms with Gasteiger partial charge in [0.15, 0.2) is 0 Å². The fourth-order valence-corrected chi connectivity index (χ4v) is 2.69. The van der Waals surface area contributed by atoms with Gasteiger partial charge in [0.05, 0.1) is 6.61 Å². The largest absolute Gasteiger partial charge is 0.392 e. The lowest BCUT2D eigenvalue weighted by atomic mass is 9.97. The highest BCUT2D eigenvalue weighted by atomic mass is 16.3. The maximum atomic E-state index is 9.00. The summed E-state index contributed by atoms with van der Waals surface area (Å²) in [6.07, 6.45) is 2.65. The van der Waals surface area contributed by atoms with Gasteiger partial charge in [-0.2, -0.15) is 0 Å². The van der Waals surface area contributed by atoms with Crippen LogP contribution in [0.15, 0.2) is 24.3 Å². The Balaban J connectivity index is 1.66. The van der Waals surface area contributed by atoms with Gasteiger partial charge < -0.3 is 15.3 Å². The third-order valence-corrected chi connectivity index (χ3v) is 4.12. The van der Waals surface area contributed by atoms with Crippen molar-refractivity contribution < 1.29 is 5.11 Å². The molecule has 1 aromatic rings. The molecule has 1 saturated heterocycles. The first-order valence-corrected chi connectivity index (χ1v) is 7.43. The Morgan fingerprint density at radius 1 is 1.16 bits per heavy atom. The Morgan fingerprint density at radius 2 is 1.79 bits per heavy atom. The van der Waals surface area contributed by atoms with E-state index >= 15 is 0 Å². The third kappa shape index (κ3) is 4.60. The van der Waals surface area contributed by atoms with Gasteiger partial charge in [-0.1, -0.05) is 31.2 Å². The van der Waals surface area contributed by atoms with Gasteiger partial charge in [-0.25, -0.2) is 0 Å². The second-order valence-electron chi connectivity index (χ2n) is 5.48. The van der Waals surface area contributed by atoms with Crippen LogP contribution in [-0.2, 0) is 13.2 Å². The van der Waals surface area contributed by atoms with Gasteiger partial charge in [-0.05, 0) is 56.1 Å². The molecule has 0 aromatic heterocycles. The molecule has 0 unspecified atom stereocenters. The Morgan fingerprint density at radius 3 is 2.37 bits per heavy atom. The molecule has 2 N–H and O–H groups in total. The average molecular weight is 262 g/mol. The summed E-state index contributed by atoms with van der Waals surface area (Å²) in [7, 11) is 0. The highest BCUT2D eigenvalue weighted by Gasteiger charge is 2.17. The summed E-state index contributed by atoms with van der Waals surface area (Å²) < 4.78 is 0. The fourth-order valence-electron chi connectivity index (χ4n) is 2.69. The van der Waals surface area contributed by atoms with Crippen LogP contribution in [-0.4, -0.2) is 36.2 Å². The standard InChI is InChI=1S/C16H26N2O/c1-2-18-9-7-15(8-10-18)12-17-11-14-3-5-16(13-19)6-4-14/h3-6,15,17,19H,2,7-13H2,1H3. The van der Waals surface area contributed by atoms with Crippen molar-refractivity contribution in [1.82, 2.24) is 10.2 Å². The smallest absolute Gasteiger partial charge is 0.0681 e. The van der Waals surface area contributed by atoms with Crippen molar-refractivity contribution in [1.29, 1.82) is 0 Å². The van der Waals surface area contributed by atoms with Crippen molar-refractivity contribution in [3.05, 3.63) is 35.4 Å².